The highest BCUT2D eigenvalue weighted by Gasteiger charge is 2.12. The van der Waals surface area contributed by atoms with Crippen LogP contribution in [0.4, 0.5) is 5.69 Å². The van der Waals surface area contributed by atoms with Crippen LogP contribution < -0.4 is 10.1 Å². The number of ether oxygens (including phenoxy) is 1. The van der Waals surface area contributed by atoms with Crippen molar-refractivity contribution in [3.8, 4) is 11.8 Å². The third-order valence-corrected chi connectivity index (χ3v) is 2.76. The number of nitrogens with zero attached hydrogens (tertiary/aromatic N) is 2. The van der Waals surface area contributed by atoms with Gasteiger partial charge in [-0.05, 0) is 25.0 Å². The molecule has 1 aliphatic rings. The van der Waals surface area contributed by atoms with Crippen LogP contribution in [0.25, 0.3) is 0 Å². The number of amidine groups is 1. The molecule has 4 nitrogen and oxygen atoms in total. The van der Waals surface area contributed by atoms with E-state index in [0.29, 0.717) is 11.3 Å². The molecule has 0 aromatic heterocycles. The van der Waals surface area contributed by atoms with Crippen LogP contribution >= 0.6 is 0 Å². The van der Waals surface area contributed by atoms with E-state index in [-0.39, 0.29) is 0 Å². The van der Waals surface area contributed by atoms with E-state index in [9.17, 15) is 0 Å². The van der Waals surface area contributed by atoms with Gasteiger partial charge in [-0.25, -0.2) is 0 Å². The quantitative estimate of drug-likeness (QED) is 0.847. The van der Waals surface area contributed by atoms with Gasteiger partial charge in [0.15, 0.2) is 0 Å². The number of hydrogen-bond acceptors (Lipinski definition) is 4. The summed E-state index contributed by atoms with van der Waals surface area (Å²) in [7, 11) is 1.60. The number of nitriles is 1. The largest absolute Gasteiger partial charge is 0.495 e. The molecule has 4 heteroatoms. The Morgan fingerprint density at radius 2 is 2.29 bits per heavy atom. The second kappa shape index (κ2) is 5.35. The Balaban J connectivity index is 2.30. The van der Waals surface area contributed by atoms with Crippen molar-refractivity contribution in [1.82, 2.24) is 0 Å². The fraction of sp³-hybridized carbons (Fsp3) is 0.385. The second-order valence-corrected chi connectivity index (χ2v) is 3.91. The summed E-state index contributed by atoms with van der Waals surface area (Å²) in [4.78, 5) is 4.42. The predicted octanol–water partition coefficient (Wildman–Crippen LogP) is 2.56. The average Bonchev–Trinajstić information content (AvgIpc) is 2.40. The Morgan fingerprint density at radius 3 is 2.94 bits per heavy atom. The lowest BCUT2D eigenvalue weighted by molar-refractivity contribution is 0.416. The lowest BCUT2D eigenvalue weighted by Gasteiger charge is -2.16. The molecule has 2 rings (SSSR count). The highest BCUT2D eigenvalue weighted by Crippen LogP contribution is 2.28. The van der Waals surface area contributed by atoms with Gasteiger partial charge in [0.2, 0.25) is 0 Å². The summed E-state index contributed by atoms with van der Waals surface area (Å²) in [6.07, 6.45) is 3.22. The van der Waals surface area contributed by atoms with Gasteiger partial charge in [-0.1, -0.05) is 6.07 Å². The Bertz CT molecular complexity index is 474. The Morgan fingerprint density at radius 1 is 1.41 bits per heavy atom. The standard InChI is InChI=1S/C13H15N3O/c1-17-11-6-4-5-10(9-14)13(11)16-12-7-2-3-8-15-12/h4-6H,2-3,7-8H2,1H3,(H,15,16). The minimum atomic E-state index is 0.581. The van der Waals surface area contributed by atoms with Gasteiger partial charge in [-0.2, -0.15) is 5.26 Å². The molecule has 0 amide bonds. The van der Waals surface area contributed by atoms with E-state index in [0.717, 1.165) is 37.3 Å². The van der Waals surface area contributed by atoms with Crippen LogP contribution in [0.5, 0.6) is 5.75 Å². The van der Waals surface area contributed by atoms with Crippen LogP contribution in [0.2, 0.25) is 0 Å². The molecule has 0 bridgehead atoms. The molecular formula is C13H15N3O. The third kappa shape index (κ3) is 2.56. The van der Waals surface area contributed by atoms with Gasteiger partial charge < -0.3 is 10.1 Å². The highest BCUT2D eigenvalue weighted by molar-refractivity contribution is 5.98. The molecule has 0 fully saturated rings. The van der Waals surface area contributed by atoms with Crippen molar-refractivity contribution in [1.29, 1.82) is 5.26 Å². The lowest BCUT2D eigenvalue weighted by Crippen LogP contribution is -2.17. The average molecular weight is 229 g/mol. The molecule has 0 saturated carbocycles. The number of aliphatic imine (C=N–C) groups is 1. The second-order valence-electron chi connectivity index (χ2n) is 3.91. The zero-order chi connectivity index (χ0) is 12.1. The van der Waals surface area contributed by atoms with E-state index < -0.39 is 0 Å². The van der Waals surface area contributed by atoms with Crippen molar-refractivity contribution in [2.45, 2.75) is 19.3 Å². The number of rotatable bonds is 2. The normalized spacial score (nSPS) is 14.7. The van der Waals surface area contributed by atoms with Crippen LogP contribution in [0.1, 0.15) is 24.8 Å². The monoisotopic (exact) mass is 229 g/mol. The molecule has 0 spiro atoms. The molecule has 1 heterocycles. The van der Waals surface area contributed by atoms with E-state index >= 15 is 0 Å². The van der Waals surface area contributed by atoms with E-state index in [2.05, 4.69) is 16.4 Å². The third-order valence-electron chi connectivity index (χ3n) is 2.76. The summed E-state index contributed by atoms with van der Waals surface area (Å²) < 4.78 is 5.26. The predicted molar refractivity (Wildman–Crippen MR) is 67.5 cm³/mol. The lowest BCUT2D eigenvalue weighted by atomic mass is 10.1. The van der Waals surface area contributed by atoms with Gasteiger partial charge in [0.25, 0.3) is 0 Å². The Kier molecular flexibility index (Phi) is 3.61. The summed E-state index contributed by atoms with van der Waals surface area (Å²) in [5.41, 5.74) is 1.30. The molecule has 0 saturated heterocycles. The number of para-hydroxylation sites is 1. The molecule has 0 unspecified atom stereocenters. The number of benzene rings is 1. The molecule has 17 heavy (non-hydrogen) atoms. The zero-order valence-electron chi connectivity index (χ0n) is 9.86. The first kappa shape index (κ1) is 11.5. The van der Waals surface area contributed by atoms with Gasteiger partial charge in [-0.15, -0.1) is 0 Å². The Labute approximate surface area is 101 Å². The van der Waals surface area contributed by atoms with E-state index in [1.807, 2.05) is 12.1 Å². The molecule has 0 radical (unpaired) electrons. The first-order chi connectivity index (χ1) is 8.35. The molecule has 1 aliphatic heterocycles. The molecular weight excluding hydrogens is 214 g/mol. The maximum absolute atomic E-state index is 9.08. The van der Waals surface area contributed by atoms with E-state index in [4.69, 9.17) is 10.00 Å². The van der Waals surface area contributed by atoms with Crippen LogP contribution in [0, 0.1) is 11.3 Å². The molecule has 1 N–H and O–H groups in total. The molecule has 1 aromatic rings. The van der Waals surface area contributed by atoms with Gasteiger partial charge in [0, 0.05) is 13.0 Å². The van der Waals surface area contributed by atoms with Crippen molar-refractivity contribution >= 4 is 11.5 Å². The summed E-state index contributed by atoms with van der Waals surface area (Å²) >= 11 is 0. The van der Waals surface area contributed by atoms with Gasteiger partial charge >= 0.3 is 0 Å². The van der Waals surface area contributed by atoms with Gasteiger partial charge in [0.05, 0.1) is 12.7 Å². The summed E-state index contributed by atoms with van der Waals surface area (Å²) in [6, 6.07) is 7.59. The fourth-order valence-corrected chi connectivity index (χ4v) is 1.87. The SMILES string of the molecule is COc1cccc(C#N)c1NC1=NCCCC1. The smallest absolute Gasteiger partial charge is 0.143 e. The molecule has 1 aromatic carbocycles. The topological polar surface area (TPSA) is 57.4 Å². The number of hydrogen-bond donors (Lipinski definition) is 1. The molecule has 0 atom stereocenters. The van der Waals surface area contributed by atoms with Crippen molar-refractivity contribution < 1.29 is 4.74 Å². The summed E-state index contributed by atoms with van der Waals surface area (Å²) in [6.45, 7) is 0.860. The molecule has 88 valence electrons. The highest BCUT2D eigenvalue weighted by atomic mass is 16.5. The number of nitrogens with one attached hydrogen (secondary N) is 1. The Hall–Kier alpha value is -2.02. The van der Waals surface area contributed by atoms with Crippen molar-refractivity contribution in [3.05, 3.63) is 23.8 Å². The van der Waals surface area contributed by atoms with Crippen LogP contribution in [-0.2, 0) is 0 Å². The minimum absolute atomic E-state index is 0.581. The van der Waals surface area contributed by atoms with Crippen LogP contribution in [-0.4, -0.2) is 19.5 Å². The minimum Gasteiger partial charge on any atom is -0.495 e. The number of anilines is 1. The van der Waals surface area contributed by atoms with Crippen LogP contribution in [0.3, 0.4) is 0 Å². The molecule has 0 aliphatic carbocycles. The summed E-state index contributed by atoms with van der Waals surface area (Å²) in [5.74, 6) is 1.62. The zero-order valence-corrected chi connectivity index (χ0v) is 9.86. The van der Waals surface area contributed by atoms with E-state index in [1.165, 1.54) is 0 Å². The van der Waals surface area contributed by atoms with Crippen LogP contribution in [0.15, 0.2) is 23.2 Å². The van der Waals surface area contributed by atoms with Gasteiger partial charge in [-0.3, -0.25) is 4.99 Å². The maximum Gasteiger partial charge on any atom is 0.143 e. The first-order valence-corrected chi connectivity index (χ1v) is 5.72. The maximum atomic E-state index is 9.08. The number of methoxy groups -OCH3 is 1. The van der Waals surface area contributed by atoms with Crippen molar-refractivity contribution in [3.63, 3.8) is 0 Å². The van der Waals surface area contributed by atoms with Gasteiger partial charge in [0.1, 0.15) is 23.3 Å². The first-order valence-electron chi connectivity index (χ1n) is 5.72. The fourth-order valence-electron chi connectivity index (χ4n) is 1.87. The summed E-state index contributed by atoms with van der Waals surface area (Å²) in [5, 5.41) is 12.3. The van der Waals surface area contributed by atoms with Crippen molar-refractivity contribution in [2.75, 3.05) is 19.0 Å². The van der Waals surface area contributed by atoms with E-state index in [1.54, 1.807) is 13.2 Å². The van der Waals surface area contributed by atoms with Crippen molar-refractivity contribution in [2.24, 2.45) is 4.99 Å².